The highest BCUT2D eigenvalue weighted by Crippen LogP contribution is 2.47. The Morgan fingerprint density at radius 3 is 2.49 bits per heavy atom. The number of halogens is 1. The number of nitrogens with one attached hydrogen (secondary N) is 1. The van der Waals surface area contributed by atoms with Gasteiger partial charge in [-0.25, -0.2) is 18.4 Å². The second kappa shape index (κ2) is 10.3. The molecule has 0 spiro atoms. The number of carbonyl (C=O) groups is 1. The van der Waals surface area contributed by atoms with E-state index in [2.05, 4.69) is 21.3 Å². The van der Waals surface area contributed by atoms with Gasteiger partial charge < -0.3 is 10.2 Å². The summed E-state index contributed by atoms with van der Waals surface area (Å²) in [7, 11) is -2.97. The highest BCUT2D eigenvalue weighted by molar-refractivity contribution is 7.91. The lowest BCUT2D eigenvalue weighted by atomic mass is 9.76. The van der Waals surface area contributed by atoms with Crippen LogP contribution in [0.1, 0.15) is 50.1 Å². The maximum Gasteiger partial charge on any atom is 0.269 e. The van der Waals surface area contributed by atoms with E-state index in [-0.39, 0.29) is 29.2 Å². The van der Waals surface area contributed by atoms with Crippen LogP contribution >= 0.6 is 22.7 Å². The zero-order chi connectivity index (χ0) is 27.2. The molecule has 12 heteroatoms. The van der Waals surface area contributed by atoms with Crippen molar-refractivity contribution in [3.05, 3.63) is 41.4 Å². The molecular formula is C27H28FN5O3S3. The molecule has 0 unspecified atom stereocenters. The van der Waals surface area contributed by atoms with Crippen LogP contribution in [0.3, 0.4) is 0 Å². The first kappa shape index (κ1) is 26.3. The quantitative estimate of drug-likeness (QED) is 0.444. The molecule has 1 aliphatic heterocycles. The summed E-state index contributed by atoms with van der Waals surface area (Å²) in [5, 5.41) is 12.7. The molecule has 3 aliphatic rings. The van der Waals surface area contributed by atoms with Gasteiger partial charge in [0.05, 0.1) is 39.2 Å². The summed E-state index contributed by atoms with van der Waals surface area (Å²) in [4.78, 5) is 25.8. The van der Waals surface area contributed by atoms with E-state index in [0.717, 1.165) is 58.8 Å². The highest BCUT2D eigenvalue weighted by atomic mass is 32.2. The second-order valence-electron chi connectivity index (χ2n) is 10.6. The van der Waals surface area contributed by atoms with Crippen LogP contribution < -0.4 is 10.2 Å². The number of aromatic nitrogens is 2. The Hall–Kier alpha value is -2.88. The summed E-state index contributed by atoms with van der Waals surface area (Å²) in [5.74, 6) is -0.177. The van der Waals surface area contributed by atoms with Gasteiger partial charge in [0.2, 0.25) is 5.91 Å². The van der Waals surface area contributed by atoms with Crippen molar-refractivity contribution in [2.24, 2.45) is 5.92 Å². The molecule has 1 amide bonds. The minimum absolute atomic E-state index is 0.0847. The number of hydrogen-bond donors (Lipinski definition) is 1. The van der Waals surface area contributed by atoms with E-state index in [4.69, 9.17) is 4.98 Å². The molecule has 3 aromatic rings. The first-order chi connectivity index (χ1) is 18.8. The molecular weight excluding hydrogens is 558 g/mol. The first-order valence-electron chi connectivity index (χ1n) is 13.2. The number of sulfone groups is 1. The van der Waals surface area contributed by atoms with Crippen molar-refractivity contribution in [2.75, 3.05) is 29.5 Å². The van der Waals surface area contributed by atoms with E-state index < -0.39 is 20.6 Å². The number of rotatable bonds is 6. The number of nitriles is 1. The smallest absolute Gasteiger partial charge is 0.269 e. The Morgan fingerprint density at radius 2 is 1.85 bits per heavy atom. The maximum atomic E-state index is 13.8. The zero-order valence-corrected chi connectivity index (χ0v) is 23.7. The van der Waals surface area contributed by atoms with Crippen molar-refractivity contribution >= 4 is 44.1 Å². The Balaban J connectivity index is 1.34. The van der Waals surface area contributed by atoms with Crippen LogP contribution in [0.5, 0.6) is 0 Å². The topological polar surface area (TPSA) is 116 Å². The summed E-state index contributed by atoms with van der Waals surface area (Å²) in [6.07, 6.45) is 6.34. The first-order valence-corrected chi connectivity index (χ1v) is 16.6. The minimum atomic E-state index is -2.97. The summed E-state index contributed by atoms with van der Waals surface area (Å²) in [6, 6.07) is 10.3. The van der Waals surface area contributed by atoms with Gasteiger partial charge in [0.15, 0.2) is 9.84 Å². The second-order valence-corrected chi connectivity index (χ2v) is 14.9. The summed E-state index contributed by atoms with van der Waals surface area (Å²) >= 11 is 2.42. The maximum absolute atomic E-state index is 13.8. The molecule has 1 aromatic carbocycles. The number of nitrogens with zero attached hydrogens (tertiary/aromatic N) is 4. The van der Waals surface area contributed by atoms with E-state index in [0.29, 0.717) is 35.8 Å². The molecule has 3 fully saturated rings. The molecule has 3 heterocycles. The Bertz CT molecular complexity index is 1530. The van der Waals surface area contributed by atoms with Gasteiger partial charge in [-0.2, -0.15) is 9.65 Å². The number of thiazole rings is 2. The van der Waals surface area contributed by atoms with Gasteiger partial charge in [0.1, 0.15) is 10.5 Å². The molecule has 1 saturated heterocycles. The summed E-state index contributed by atoms with van der Waals surface area (Å²) in [5.41, 5.74) is 2.03. The van der Waals surface area contributed by atoms with Crippen molar-refractivity contribution in [1.82, 2.24) is 15.3 Å². The predicted molar refractivity (Wildman–Crippen MR) is 150 cm³/mol. The van der Waals surface area contributed by atoms with E-state index in [1.54, 1.807) is 0 Å². The third-order valence-corrected chi connectivity index (χ3v) is 11.6. The van der Waals surface area contributed by atoms with Gasteiger partial charge in [0.25, 0.3) is 5.26 Å². The van der Waals surface area contributed by atoms with E-state index in [9.17, 15) is 22.9 Å². The van der Waals surface area contributed by atoms with Crippen LogP contribution in [-0.2, 0) is 14.6 Å². The van der Waals surface area contributed by atoms with Gasteiger partial charge in [-0.3, -0.25) is 4.79 Å². The van der Waals surface area contributed by atoms with Crippen molar-refractivity contribution in [3.8, 4) is 26.4 Å². The lowest BCUT2D eigenvalue weighted by molar-refractivity contribution is -0.127. The molecule has 2 atom stereocenters. The standard InChI is InChI=1S/C27H28FN5O3S3/c28-26-30-15-21(37-26)25-31-22(19-3-1-2-4-20(19)24(34)32-27(16-29)9-10-27)23(38-25)17-5-7-18(8-6-17)33-11-13-39(35,36)14-12-33/h5-8,15,19-20H,1-4,9-14H2,(H,32,34)/t19-,20-/m1/s1. The van der Waals surface area contributed by atoms with Gasteiger partial charge in [0, 0.05) is 30.6 Å². The van der Waals surface area contributed by atoms with E-state index >= 15 is 0 Å². The Kier molecular flexibility index (Phi) is 6.93. The molecule has 2 aromatic heterocycles. The lowest BCUT2D eigenvalue weighted by Gasteiger charge is -2.31. The van der Waals surface area contributed by atoms with E-state index in [1.807, 2.05) is 24.3 Å². The minimum Gasteiger partial charge on any atom is -0.369 e. The SMILES string of the molecule is N#CC1(NC(=O)[C@@H]2CCCC[C@H]2c2nc(-c3cnc(F)s3)sc2-c2ccc(N3CCS(=O)(=O)CC3)cc2)CC1. The molecule has 204 valence electrons. The lowest BCUT2D eigenvalue weighted by Crippen LogP contribution is -2.42. The van der Waals surface area contributed by atoms with Gasteiger partial charge in [-0.1, -0.05) is 36.3 Å². The van der Waals surface area contributed by atoms with Crippen LogP contribution in [0, 0.1) is 22.5 Å². The third-order valence-electron chi connectivity index (χ3n) is 7.96. The Morgan fingerprint density at radius 1 is 1.13 bits per heavy atom. The van der Waals surface area contributed by atoms with Crippen LogP contribution in [0.15, 0.2) is 30.5 Å². The molecule has 0 radical (unpaired) electrons. The van der Waals surface area contributed by atoms with Gasteiger partial charge in [-0.05, 0) is 43.4 Å². The fraction of sp³-hybridized carbons (Fsp3) is 0.481. The number of hydrogen-bond acceptors (Lipinski definition) is 9. The molecule has 39 heavy (non-hydrogen) atoms. The largest absolute Gasteiger partial charge is 0.369 e. The van der Waals surface area contributed by atoms with E-state index in [1.165, 1.54) is 17.5 Å². The monoisotopic (exact) mass is 585 g/mol. The zero-order valence-electron chi connectivity index (χ0n) is 21.2. The van der Waals surface area contributed by atoms with Crippen molar-refractivity contribution in [3.63, 3.8) is 0 Å². The third kappa shape index (κ3) is 5.44. The summed E-state index contributed by atoms with van der Waals surface area (Å²) < 4.78 is 37.5. The van der Waals surface area contributed by atoms with Crippen molar-refractivity contribution < 1.29 is 17.6 Å². The number of anilines is 1. The van der Waals surface area contributed by atoms with Gasteiger partial charge >= 0.3 is 0 Å². The van der Waals surface area contributed by atoms with Crippen molar-refractivity contribution in [2.45, 2.75) is 50.0 Å². The average Bonchev–Trinajstić information content (AvgIpc) is 3.35. The normalized spacial score (nSPS) is 23.6. The molecule has 0 bridgehead atoms. The van der Waals surface area contributed by atoms with Gasteiger partial charge in [-0.15, -0.1) is 11.3 Å². The van der Waals surface area contributed by atoms with Crippen LogP contribution in [-0.4, -0.2) is 54.4 Å². The van der Waals surface area contributed by atoms with Crippen LogP contribution in [0.2, 0.25) is 0 Å². The highest BCUT2D eigenvalue weighted by Gasteiger charge is 2.47. The molecule has 2 aliphatic carbocycles. The molecule has 6 rings (SSSR count). The number of benzene rings is 1. The predicted octanol–water partition coefficient (Wildman–Crippen LogP) is 4.75. The van der Waals surface area contributed by atoms with Crippen molar-refractivity contribution in [1.29, 1.82) is 5.26 Å². The molecule has 2 saturated carbocycles. The number of amides is 1. The average molecular weight is 586 g/mol. The van der Waals surface area contributed by atoms with Crippen LogP contribution in [0.4, 0.5) is 10.1 Å². The summed E-state index contributed by atoms with van der Waals surface area (Å²) in [6.45, 7) is 0.940. The molecule has 1 N–H and O–H groups in total. The van der Waals surface area contributed by atoms with Crippen LogP contribution in [0.25, 0.3) is 20.3 Å². The fourth-order valence-electron chi connectivity index (χ4n) is 5.53. The molecule has 8 nitrogen and oxygen atoms in total. The Labute approximate surface area is 234 Å². The fourth-order valence-corrected chi connectivity index (χ4v) is 8.55. The number of carbonyl (C=O) groups excluding carboxylic acids is 1.